The molecule has 1 fully saturated rings. The Hall–Kier alpha value is -1.46. The van der Waals surface area contributed by atoms with Crippen molar-refractivity contribution in [2.75, 3.05) is 33.9 Å². The number of ether oxygens (including phenoxy) is 2. The van der Waals surface area contributed by atoms with Crippen LogP contribution in [0.4, 0.5) is 0 Å². The maximum Gasteiger partial charge on any atom is 0.258 e. The molecule has 1 amide bonds. The van der Waals surface area contributed by atoms with Gasteiger partial charge in [0.25, 0.3) is 5.91 Å². The standard InChI is InChI=1S/C17H26N2O3.ClH/c1-4-11-19(13-7-9-18-10-8-13)17(20)15-12-14(21-2)5-6-16(15)22-3;/h5-6,12-13,18H,4,7-11H2,1-3H3;1H. The molecule has 0 unspecified atom stereocenters. The molecule has 1 N–H and O–H groups in total. The van der Waals surface area contributed by atoms with Crippen molar-refractivity contribution in [3.05, 3.63) is 23.8 Å². The molecular weight excluding hydrogens is 316 g/mol. The molecule has 0 spiro atoms. The molecule has 0 aromatic heterocycles. The van der Waals surface area contributed by atoms with Gasteiger partial charge in [0.2, 0.25) is 0 Å². The summed E-state index contributed by atoms with van der Waals surface area (Å²) >= 11 is 0. The lowest BCUT2D eigenvalue weighted by molar-refractivity contribution is 0.0639. The van der Waals surface area contributed by atoms with E-state index in [1.54, 1.807) is 26.4 Å². The maximum atomic E-state index is 13.1. The first-order chi connectivity index (χ1) is 10.7. The number of carbonyl (C=O) groups is 1. The van der Waals surface area contributed by atoms with E-state index in [4.69, 9.17) is 9.47 Å². The third kappa shape index (κ3) is 4.75. The number of carbonyl (C=O) groups excluding carboxylic acids is 1. The van der Waals surface area contributed by atoms with Crippen molar-refractivity contribution in [2.24, 2.45) is 0 Å². The number of methoxy groups -OCH3 is 2. The summed E-state index contributed by atoms with van der Waals surface area (Å²) in [6, 6.07) is 5.66. The molecule has 1 aromatic carbocycles. The van der Waals surface area contributed by atoms with Crippen molar-refractivity contribution in [1.29, 1.82) is 0 Å². The van der Waals surface area contributed by atoms with Crippen LogP contribution in [0.25, 0.3) is 0 Å². The van der Waals surface area contributed by atoms with Crippen LogP contribution in [0.3, 0.4) is 0 Å². The lowest BCUT2D eigenvalue weighted by Gasteiger charge is -2.35. The molecule has 6 heteroatoms. The number of halogens is 1. The first-order valence-electron chi connectivity index (χ1n) is 7.95. The average Bonchev–Trinajstić information content (AvgIpc) is 2.59. The second-order valence-electron chi connectivity index (χ2n) is 5.55. The van der Waals surface area contributed by atoms with Crippen molar-refractivity contribution < 1.29 is 14.3 Å². The Kier molecular flexibility index (Phi) is 8.20. The molecule has 0 bridgehead atoms. The number of amides is 1. The van der Waals surface area contributed by atoms with Crippen LogP contribution in [0.2, 0.25) is 0 Å². The van der Waals surface area contributed by atoms with Crippen molar-refractivity contribution in [3.63, 3.8) is 0 Å². The van der Waals surface area contributed by atoms with Crippen molar-refractivity contribution in [2.45, 2.75) is 32.2 Å². The third-order valence-corrected chi connectivity index (χ3v) is 4.11. The highest BCUT2D eigenvalue weighted by molar-refractivity contribution is 5.97. The zero-order chi connectivity index (χ0) is 15.9. The monoisotopic (exact) mass is 342 g/mol. The smallest absolute Gasteiger partial charge is 0.258 e. The minimum absolute atomic E-state index is 0. The predicted octanol–water partition coefficient (Wildman–Crippen LogP) is 2.73. The number of hydrogen-bond donors (Lipinski definition) is 1. The number of rotatable bonds is 6. The van der Waals surface area contributed by atoms with Gasteiger partial charge < -0.3 is 19.7 Å². The molecule has 0 radical (unpaired) electrons. The Morgan fingerprint density at radius 3 is 2.52 bits per heavy atom. The van der Waals surface area contributed by atoms with Crippen LogP contribution in [0, 0.1) is 0 Å². The highest BCUT2D eigenvalue weighted by Gasteiger charge is 2.27. The van der Waals surface area contributed by atoms with E-state index in [-0.39, 0.29) is 18.3 Å². The number of piperidine rings is 1. The Morgan fingerprint density at radius 2 is 1.96 bits per heavy atom. The summed E-state index contributed by atoms with van der Waals surface area (Å²) in [7, 11) is 3.19. The van der Waals surface area contributed by atoms with Crippen LogP contribution in [-0.2, 0) is 0 Å². The zero-order valence-corrected chi connectivity index (χ0v) is 14.9. The normalized spacial score (nSPS) is 14.7. The zero-order valence-electron chi connectivity index (χ0n) is 14.1. The van der Waals surface area contributed by atoms with Crippen LogP contribution < -0.4 is 14.8 Å². The van der Waals surface area contributed by atoms with E-state index in [1.165, 1.54) is 0 Å². The van der Waals surface area contributed by atoms with Crippen LogP contribution in [-0.4, -0.2) is 50.7 Å². The molecule has 5 nitrogen and oxygen atoms in total. The van der Waals surface area contributed by atoms with Crippen LogP contribution in [0.5, 0.6) is 11.5 Å². The van der Waals surface area contributed by atoms with E-state index in [9.17, 15) is 4.79 Å². The summed E-state index contributed by atoms with van der Waals surface area (Å²) in [5, 5.41) is 3.35. The van der Waals surface area contributed by atoms with Gasteiger partial charge in [-0.1, -0.05) is 6.92 Å². The van der Waals surface area contributed by atoms with E-state index < -0.39 is 0 Å². The average molecular weight is 343 g/mol. The molecule has 1 aliphatic heterocycles. The second kappa shape index (κ2) is 9.63. The third-order valence-electron chi connectivity index (χ3n) is 4.11. The summed E-state index contributed by atoms with van der Waals surface area (Å²) in [5.41, 5.74) is 0.578. The van der Waals surface area contributed by atoms with Gasteiger partial charge in [-0.25, -0.2) is 0 Å². The maximum absolute atomic E-state index is 13.1. The molecule has 0 aliphatic carbocycles. The lowest BCUT2D eigenvalue weighted by Crippen LogP contribution is -2.46. The molecule has 1 aromatic rings. The summed E-state index contributed by atoms with van der Waals surface area (Å²) in [5.74, 6) is 1.30. The van der Waals surface area contributed by atoms with Gasteiger partial charge in [0.05, 0.1) is 19.8 Å². The molecule has 2 rings (SSSR count). The van der Waals surface area contributed by atoms with Crippen molar-refractivity contribution in [3.8, 4) is 11.5 Å². The largest absolute Gasteiger partial charge is 0.497 e. The van der Waals surface area contributed by atoms with Gasteiger partial charge in [-0.3, -0.25) is 4.79 Å². The molecular formula is C17H27ClN2O3. The Bertz CT molecular complexity index is 505. The van der Waals surface area contributed by atoms with Gasteiger partial charge in [-0.05, 0) is 50.6 Å². The van der Waals surface area contributed by atoms with Gasteiger partial charge >= 0.3 is 0 Å². The highest BCUT2D eigenvalue weighted by atomic mass is 35.5. The van der Waals surface area contributed by atoms with Crippen LogP contribution in [0.1, 0.15) is 36.5 Å². The lowest BCUT2D eigenvalue weighted by atomic mass is 10.0. The first kappa shape index (κ1) is 19.6. The molecule has 1 aliphatic rings. The molecule has 1 saturated heterocycles. The second-order valence-corrected chi connectivity index (χ2v) is 5.55. The summed E-state index contributed by atoms with van der Waals surface area (Å²) < 4.78 is 10.6. The SMILES string of the molecule is CCCN(C(=O)c1cc(OC)ccc1OC)C1CCNCC1.Cl. The van der Waals surface area contributed by atoms with E-state index in [2.05, 4.69) is 12.2 Å². The van der Waals surface area contributed by atoms with Crippen LogP contribution >= 0.6 is 12.4 Å². The number of nitrogens with zero attached hydrogens (tertiary/aromatic N) is 1. The van der Waals surface area contributed by atoms with Crippen LogP contribution in [0.15, 0.2) is 18.2 Å². The van der Waals surface area contributed by atoms with Crippen molar-refractivity contribution >= 4 is 18.3 Å². The van der Waals surface area contributed by atoms with Gasteiger partial charge in [-0.2, -0.15) is 0 Å². The number of hydrogen-bond acceptors (Lipinski definition) is 4. The first-order valence-corrected chi connectivity index (χ1v) is 7.95. The minimum Gasteiger partial charge on any atom is -0.497 e. The molecule has 130 valence electrons. The van der Waals surface area contributed by atoms with Crippen molar-refractivity contribution in [1.82, 2.24) is 10.2 Å². The Balaban J connectivity index is 0.00000264. The predicted molar refractivity (Wildman–Crippen MR) is 94.0 cm³/mol. The molecule has 23 heavy (non-hydrogen) atoms. The summed E-state index contributed by atoms with van der Waals surface area (Å²) in [4.78, 5) is 15.1. The van der Waals surface area contributed by atoms with Gasteiger partial charge in [0.15, 0.2) is 0 Å². The van der Waals surface area contributed by atoms with Gasteiger partial charge in [-0.15, -0.1) is 12.4 Å². The minimum atomic E-state index is 0. The van der Waals surface area contributed by atoms with E-state index in [1.807, 2.05) is 11.0 Å². The quantitative estimate of drug-likeness (QED) is 0.863. The van der Waals surface area contributed by atoms with Gasteiger partial charge in [0, 0.05) is 12.6 Å². The fraction of sp³-hybridized carbons (Fsp3) is 0.588. The van der Waals surface area contributed by atoms with E-state index in [0.29, 0.717) is 23.1 Å². The van der Waals surface area contributed by atoms with E-state index in [0.717, 1.165) is 38.9 Å². The summed E-state index contributed by atoms with van der Waals surface area (Å²) in [6.07, 6.45) is 2.94. The number of benzene rings is 1. The Morgan fingerprint density at radius 1 is 1.26 bits per heavy atom. The summed E-state index contributed by atoms with van der Waals surface area (Å²) in [6.45, 7) is 4.80. The highest BCUT2D eigenvalue weighted by Crippen LogP contribution is 2.27. The van der Waals surface area contributed by atoms with Gasteiger partial charge in [0.1, 0.15) is 11.5 Å². The fourth-order valence-corrected chi connectivity index (χ4v) is 2.95. The molecule has 0 saturated carbocycles. The number of nitrogens with one attached hydrogen (secondary N) is 1. The Labute approximate surface area is 144 Å². The fourth-order valence-electron chi connectivity index (χ4n) is 2.95. The van der Waals surface area contributed by atoms with E-state index >= 15 is 0 Å². The topological polar surface area (TPSA) is 50.8 Å². The molecule has 1 heterocycles. The molecule has 0 atom stereocenters.